The lowest BCUT2D eigenvalue weighted by atomic mass is 10.2. The van der Waals surface area contributed by atoms with Gasteiger partial charge in [0, 0.05) is 59.3 Å². The van der Waals surface area contributed by atoms with Gasteiger partial charge in [0.1, 0.15) is 17.3 Å². The highest BCUT2D eigenvalue weighted by Gasteiger charge is 2.26. The summed E-state index contributed by atoms with van der Waals surface area (Å²) in [4.78, 5) is 33.5. The Labute approximate surface area is 199 Å². The molecule has 1 aliphatic heterocycles. The molecule has 4 heterocycles. The summed E-state index contributed by atoms with van der Waals surface area (Å²) in [6.07, 6.45) is 6.39. The van der Waals surface area contributed by atoms with Crippen LogP contribution in [0.25, 0.3) is 11.3 Å². The van der Waals surface area contributed by atoms with Crippen LogP contribution in [0.1, 0.15) is 20.5 Å². The van der Waals surface area contributed by atoms with Gasteiger partial charge in [-0.25, -0.2) is 19.5 Å². The average molecular weight is 470 g/mol. The molecule has 1 saturated heterocycles. The number of nitrogens with zero attached hydrogens (tertiary/aromatic N) is 5. The Bertz CT molecular complexity index is 1140. The average Bonchev–Trinajstić information content (AvgIpc) is 3.45. The Morgan fingerprint density at radius 2 is 2.15 bits per heavy atom. The zero-order valence-corrected chi connectivity index (χ0v) is 19.7. The Morgan fingerprint density at radius 1 is 1.32 bits per heavy atom. The molecule has 0 unspecified atom stereocenters. The molecule has 3 aromatic heterocycles. The van der Waals surface area contributed by atoms with Crippen LogP contribution in [0.2, 0.25) is 0 Å². The van der Waals surface area contributed by atoms with Crippen molar-refractivity contribution in [3.8, 4) is 22.8 Å². The first kappa shape index (κ1) is 24.6. The Balaban J connectivity index is 0.000000656. The van der Waals surface area contributed by atoms with Crippen molar-refractivity contribution in [1.29, 1.82) is 0 Å². The lowest BCUT2D eigenvalue weighted by molar-refractivity contribution is 0.199. The van der Waals surface area contributed by atoms with Gasteiger partial charge in [0.05, 0.1) is 17.6 Å². The van der Waals surface area contributed by atoms with Gasteiger partial charge in [-0.2, -0.15) is 5.10 Å². The molecule has 0 spiro atoms. The molecular formula is C23H31N7O4. The first-order chi connectivity index (χ1) is 16.4. The van der Waals surface area contributed by atoms with E-state index in [0.29, 0.717) is 36.1 Å². The highest BCUT2D eigenvalue weighted by Crippen LogP contribution is 2.28. The van der Waals surface area contributed by atoms with Gasteiger partial charge in [0.25, 0.3) is 0 Å². The van der Waals surface area contributed by atoms with Crippen molar-refractivity contribution in [3.63, 3.8) is 0 Å². The topological polar surface area (TPSA) is 124 Å². The van der Waals surface area contributed by atoms with Crippen LogP contribution >= 0.6 is 0 Å². The second-order valence-electron chi connectivity index (χ2n) is 7.47. The largest absolute Gasteiger partial charge is 0.455 e. The SMILES string of the molecule is CCCOC.Cc1nc(NC(=O)N2CCNC2=O)ccc1Oc1ccnc(-c2cnn(C)c2)c1.[HH]. The quantitative estimate of drug-likeness (QED) is 0.562. The van der Waals surface area contributed by atoms with E-state index in [2.05, 4.69) is 32.6 Å². The molecule has 2 N–H and O–H groups in total. The minimum Gasteiger partial charge on any atom is -0.455 e. The lowest BCUT2D eigenvalue weighted by Crippen LogP contribution is -2.37. The number of nitrogens with one attached hydrogen (secondary N) is 2. The van der Waals surface area contributed by atoms with E-state index in [-0.39, 0.29) is 1.43 Å². The number of ether oxygens (including phenoxy) is 2. The molecule has 0 aliphatic carbocycles. The number of amides is 4. The monoisotopic (exact) mass is 469 g/mol. The molecule has 3 aromatic rings. The molecule has 0 atom stereocenters. The van der Waals surface area contributed by atoms with Crippen molar-refractivity contribution < 1.29 is 20.5 Å². The number of anilines is 1. The number of urea groups is 2. The van der Waals surface area contributed by atoms with E-state index in [1.807, 2.05) is 19.3 Å². The fraction of sp³-hybridized carbons (Fsp3) is 0.348. The highest BCUT2D eigenvalue weighted by atomic mass is 16.5. The number of hydrogen-bond donors (Lipinski definition) is 2. The summed E-state index contributed by atoms with van der Waals surface area (Å²) in [6, 6.07) is 5.97. The van der Waals surface area contributed by atoms with Crippen molar-refractivity contribution in [2.45, 2.75) is 20.3 Å². The highest BCUT2D eigenvalue weighted by molar-refractivity contribution is 6.01. The van der Waals surface area contributed by atoms with Crippen LogP contribution in [0.5, 0.6) is 11.5 Å². The molecule has 34 heavy (non-hydrogen) atoms. The van der Waals surface area contributed by atoms with Crippen LogP contribution in [-0.4, -0.2) is 63.5 Å². The van der Waals surface area contributed by atoms with E-state index in [0.717, 1.165) is 29.2 Å². The number of rotatable bonds is 6. The van der Waals surface area contributed by atoms with Crippen molar-refractivity contribution in [2.75, 3.05) is 32.1 Å². The number of hydrogen-bond acceptors (Lipinski definition) is 7. The van der Waals surface area contributed by atoms with Gasteiger partial charge in [-0.15, -0.1) is 0 Å². The van der Waals surface area contributed by atoms with Crippen LogP contribution in [0, 0.1) is 6.92 Å². The molecule has 0 bridgehead atoms. The molecule has 11 nitrogen and oxygen atoms in total. The zero-order valence-electron chi connectivity index (χ0n) is 19.7. The van der Waals surface area contributed by atoms with Gasteiger partial charge in [0.2, 0.25) is 0 Å². The lowest BCUT2D eigenvalue weighted by Gasteiger charge is -2.14. The van der Waals surface area contributed by atoms with Gasteiger partial charge in [0.15, 0.2) is 0 Å². The van der Waals surface area contributed by atoms with Gasteiger partial charge >= 0.3 is 12.1 Å². The van der Waals surface area contributed by atoms with E-state index in [1.54, 1.807) is 49.3 Å². The van der Waals surface area contributed by atoms with Gasteiger partial charge in [-0.1, -0.05) is 6.92 Å². The predicted octanol–water partition coefficient (Wildman–Crippen LogP) is 3.82. The van der Waals surface area contributed by atoms with Crippen LogP contribution in [-0.2, 0) is 11.8 Å². The Morgan fingerprint density at radius 3 is 2.74 bits per heavy atom. The third kappa shape index (κ3) is 6.51. The van der Waals surface area contributed by atoms with Crippen LogP contribution in [0.3, 0.4) is 0 Å². The molecular weight excluding hydrogens is 438 g/mol. The second kappa shape index (κ2) is 11.8. The third-order valence-corrected chi connectivity index (χ3v) is 4.74. The van der Waals surface area contributed by atoms with Crippen molar-refractivity contribution in [2.24, 2.45) is 7.05 Å². The maximum atomic E-state index is 12.2. The van der Waals surface area contributed by atoms with E-state index in [1.165, 1.54) is 0 Å². The summed E-state index contributed by atoms with van der Waals surface area (Å²) in [5.74, 6) is 1.49. The first-order valence-corrected chi connectivity index (χ1v) is 10.9. The summed E-state index contributed by atoms with van der Waals surface area (Å²) in [5.41, 5.74) is 2.22. The minimum atomic E-state index is -0.518. The van der Waals surface area contributed by atoms with E-state index < -0.39 is 12.1 Å². The molecule has 0 radical (unpaired) electrons. The Kier molecular flexibility index (Phi) is 8.52. The number of methoxy groups -OCH3 is 1. The Hall–Kier alpha value is -3.99. The number of aryl methyl sites for hydroxylation is 2. The first-order valence-electron chi connectivity index (χ1n) is 10.9. The summed E-state index contributed by atoms with van der Waals surface area (Å²) in [5, 5.41) is 9.35. The second-order valence-corrected chi connectivity index (χ2v) is 7.47. The standard InChI is InChI=1S/C19H19N7O3.C4H10O.H2/c1-12-16(3-4-17(23-12)24-19(28)26-8-7-21-18(26)27)29-14-5-6-20-15(9-14)13-10-22-25(2)11-13;1-3-4-5-2;/h3-6,9-11H,7-8H2,1-2H3,(H,21,27)(H,23,24,28);3-4H2,1-2H3;1H. The smallest absolute Gasteiger partial charge is 0.331 e. The maximum absolute atomic E-state index is 12.2. The van der Waals surface area contributed by atoms with Gasteiger partial charge in [-0.05, 0) is 31.5 Å². The molecule has 0 aromatic carbocycles. The number of imide groups is 1. The van der Waals surface area contributed by atoms with Crippen LogP contribution in [0.15, 0.2) is 42.9 Å². The molecule has 1 fully saturated rings. The van der Waals surface area contributed by atoms with Gasteiger partial charge < -0.3 is 14.8 Å². The van der Waals surface area contributed by atoms with E-state index >= 15 is 0 Å². The summed E-state index contributed by atoms with van der Waals surface area (Å²) in [6.45, 7) is 5.52. The number of pyridine rings is 2. The van der Waals surface area contributed by atoms with Crippen molar-refractivity contribution in [3.05, 3.63) is 48.5 Å². The van der Waals surface area contributed by atoms with E-state index in [9.17, 15) is 9.59 Å². The maximum Gasteiger partial charge on any atom is 0.331 e. The summed E-state index contributed by atoms with van der Waals surface area (Å²) in [7, 11) is 3.55. The third-order valence-electron chi connectivity index (χ3n) is 4.74. The minimum absolute atomic E-state index is 0. The van der Waals surface area contributed by atoms with Crippen molar-refractivity contribution >= 4 is 17.9 Å². The normalized spacial score (nSPS) is 12.6. The van der Waals surface area contributed by atoms with Crippen molar-refractivity contribution in [1.82, 2.24) is 30.0 Å². The predicted molar refractivity (Wildman–Crippen MR) is 129 cm³/mol. The fourth-order valence-corrected chi connectivity index (χ4v) is 3.09. The molecule has 4 amide bonds. The van der Waals surface area contributed by atoms with Crippen LogP contribution < -0.4 is 15.4 Å². The van der Waals surface area contributed by atoms with Crippen LogP contribution in [0.4, 0.5) is 15.4 Å². The molecule has 11 heteroatoms. The summed E-state index contributed by atoms with van der Waals surface area (Å²) < 4.78 is 12.3. The molecule has 4 rings (SSSR count). The number of carbonyl (C=O) groups excluding carboxylic acids is 2. The fourth-order valence-electron chi connectivity index (χ4n) is 3.09. The molecule has 1 aliphatic rings. The molecule has 0 saturated carbocycles. The zero-order chi connectivity index (χ0) is 24.5. The van der Waals surface area contributed by atoms with E-state index in [4.69, 9.17) is 9.47 Å². The number of aromatic nitrogens is 4. The van der Waals surface area contributed by atoms with Gasteiger partial charge in [-0.3, -0.25) is 15.0 Å². The molecule has 182 valence electrons. The summed E-state index contributed by atoms with van der Waals surface area (Å²) >= 11 is 0. The number of carbonyl (C=O) groups is 2.